The van der Waals surface area contributed by atoms with Crippen molar-refractivity contribution in [3.8, 4) is 11.8 Å². The van der Waals surface area contributed by atoms with E-state index in [2.05, 4.69) is 38.2 Å². The van der Waals surface area contributed by atoms with Crippen LogP contribution in [-0.2, 0) is 6.54 Å². The van der Waals surface area contributed by atoms with E-state index in [4.69, 9.17) is 0 Å². The number of likely N-dealkylation sites (N-methyl/N-ethyl adjacent to an activating group) is 1. The average Bonchev–Trinajstić information content (AvgIpc) is 2.33. The van der Waals surface area contributed by atoms with Gasteiger partial charge in [-0.25, -0.2) is 4.68 Å². The summed E-state index contributed by atoms with van der Waals surface area (Å²) in [7, 11) is 3.92. The molecule has 0 bridgehead atoms. The summed E-state index contributed by atoms with van der Waals surface area (Å²) < 4.78 is 1.94. The van der Waals surface area contributed by atoms with Gasteiger partial charge < -0.3 is 10.2 Å². The minimum atomic E-state index is -0.133. The predicted octanol–water partition coefficient (Wildman–Crippen LogP) is 1.00. The first kappa shape index (κ1) is 14.7. The molecule has 1 heterocycles. The number of nitrogens with one attached hydrogen (secondary N) is 1. The van der Waals surface area contributed by atoms with Crippen molar-refractivity contribution in [2.24, 2.45) is 0 Å². The Bertz CT molecular complexity index is 513. The first-order valence-corrected chi connectivity index (χ1v) is 6.39. The van der Waals surface area contributed by atoms with Gasteiger partial charge in [0.25, 0.3) is 5.56 Å². The van der Waals surface area contributed by atoms with Gasteiger partial charge in [0, 0.05) is 6.54 Å². The van der Waals surface area contributed by atoms with Gasteiger partial charge in [0.1, 0.15) is 4.47 Å². The van der Waals surface area contributed by atoms with Crippen molar-refractivity contribution >= 4 is 21.6 Å². The van der Waals surface area contributed by atoms with E-state index >= 15 is 0 Å². The van der Waals surface area contributed by atoms with Crippen molar-refractivity contribution in [1.29, 1.82) is 0 Å². The highest BCUT2D eigenvalue weighted by Crippen LogP contribution is 2.15. The minimum Gasteiger partial charge on any atom is -0.372 e. The lowest BCUT2D eigenvalue weighted by atomic mass is 10.4. The third-order valence-electron chi connectivity index (χ3n) is 2.29. The van der Waals surface area contributed by atoms with Crippen LogP contribution in [0, 0.1) is 11.8 Å². The minimum absolute atomic E-state index is 0.133. The van der Waals surface area contributed by atoms with Crippen molar-refractivity contribution in [1.82, 2.24) is 14.7 Å². The molecule has 1 rings (SSSR count). The molecule has 0 atom stereocenters. The van der Waals surface area contributed by atoms with Gasteiger partial charge in [-0.1, -0.05) is 5.92 Å². The summed E-state index contributed by atoms with van der Waals surface area (Å²) in [6.07, 6.45) is 1.64. The van der Waals surface area contributed by atoms with E-state index in [1.165, 1.54) is 4.68 Å². The highest BCUT2D eigenvalue weighted by molar-refractivity contribution is 9.10. The van der Waals surface area contributed by atoms with Gasteiger partial charge in [0.15, 0.2) is 0 Å². The monoisotopic (exact) mass is 312 g/mol. The summed E-state index contributed by atoms with van der Waals surface area (Å²) >= 11 is 3.29. The summed E-state index contributed by atoms with van der Waals surface area (Å²) in [5.41, 5.74) is 0.537. The molecule has 0 fully saturated rings. The van der Waals surface area contributed by atoms with Crippen LogP contribution < -0.4 is 10.9 Å². The number of nitrogens with zero attached hydrogens (tertiary/aromatic N) is 3. The SMILES string of the molecule is CC#CCNc1cnn(CCN(C)C)c(=O)c1Br. The third kappa shape index (κ3) is 4.17. The fourth-order valence-corrected chi connectivity index (χ4v) is 1.72. The molecule has 0 aliphatic rings. The van der Waals surface area contributed by atoms with Crippen LogP contribution in [0.25, 0.3) is 0 Å². The van der Waals surface area contributed by atoms with E-state index in [0.717, 1.165) is 6.54 Å². The molecule has 0 unspecified atom stereocenters. The van der Waals surface area contributed by atoms with Crippen molar-refractivity contribution in [3.05, 3.63) is 21.0 Å². The number of rotatable bonds is 5. The lowest BCUT2D eigenvalue weighted by molar-refractivity contribution is 0.367. The Morgan fingerprint density at radius 1 is 1.56 bits per heavy atom. The van der Waals surface area contributed by atoms with Crippen LogP contribution in [-0.4, -0.2) is 41.9 Å². The summed E-state index contributed by atoms with van der Waals surface area (Å²) in [6.45, 7) is 3.61. The zero-order valence-electron chi connectivity index (χ0n) is 10.8. The molecule has 0 aliphatic carbocycles. The van der Waals surface area contributed by atoms with Gasteiger partial charge in [-0.3, -0.25) is 4.79 Å². The van der Waals surface area contributed by atoms with Crippen LogP contribution in [0.2, 0.25) is 0 Å². The second-order valence-electron chi connectivity index (χ2n) is 3.98. The second-order valence-corrected chi connectivity index (χ2v) is 4.78. The Hall–Kier alpha value is -1.32. The molecule has 0 aliphatic heterocycles. The third-order valence-corrected chi connectivity index (χ3v) is 3.05. The molecular formula is C12H17BrN4O. The van der Waals surface area contributed by atoms with E-state index in [1.54, 1.807) is 13.1 Å². The lowest BCUT2D eigenvalue weighted by Gasteiger charge is -2.12. The molecule has 0 saturated heterocycles. The molecule has 1 N–H and O–H groups in total. The van der Waals surface area contributed by atoms with E-state index in [-0.39, 0.29) is 5.56 Å². The summed E-state index contributed by atoms with van der Waals surface area (Å²) in [6, 6.07) is 0. The van der Waals surface area contributed by atoms with Crippen LogP contribution in [0.5, 0.6) is 0 Å². The molecule has 98 valence electrons. The zero-order chi connectivity index (χ0) is 13.5. The first-order valence-electron chi connectivity index (χ1n) is 5.60. The molecule has 0 aromatic carbocycles. The number of hydrogen-bond acceptors (Lipinski definition) is 4. The number of anilines is 1. The van der Waals surface area contributed by atoms with Gasteiger partial charge >= 0.3 is 0 Å². The van der Waals surface area contributed by atoms with E-state index in [0.29, 0.717) is 23.2 Å². The van der Waals surface area contributed by atoms with Crippen LogP contribution in [0.15, 0.2) is 15.5 Å². The molecule has 0 saturated carbocycles. The Balaban J connectivity index is 2.83. The molecule has 18 heavy (non-hydrogen) atoms. The van der Waals surface area contributed by atoms with Crippen LogP contribution in [0.4, 0.5) is 5.69 Å². The predicted molar refractivity (Wildman–Crippen MR) is 76.7 cm³/mol. The Kier molecular flexibility index (Phi) is 5.89. The van der Waals surface area contributed by atoms with Crippen molar-refractivity contribution < 1.29 is 0 Å². The lowest BCUT2D eigenvalue weighted by Crippen LogP contribution is -2.29. The largest absolute Gasteiger partial charge is 0.372 e. The summed E-state index contributed by atoms with van der Waals surface area (Å²) in [4.78, 5) is 14.0. The highest BCUT2D eigenvalue weighted by Gasteiger charge is 2.08. The van der Waals surface area contributed by atoms with Crippen molar-refractivity contribution in [2.45, 2.75) is 13.5 Å². The van der Waals surface area contributed by atoms with Gasteiger partial charge in [-0.15, -0.1) is 5.92 Å². The van der Waals surface area contributed by atoms with Crippen molar-refractivity contribution in [2.75, 3.05) is 32.5 Å². The molecular weight excluding hydrogens is 296 g/mol. The maximum Gasteiger partial charge on any atom is 0.283 e. The fraction of sp³-hybridized carbons (Fsp3) is 0.500. The molecule has 0 spiro atoms. The van der Waals surface area contributed by atoms with E-state index in [1.807, 2.05) is 19.0 Å². The molecule has 1 aromatic rings. The first-order chi connectivity index (χ1) is 8.56. The molecule has 0 amide bonds. The Morgan fingerprint density at radius 2 is 2.28 bits per heavy atom. The quantitative estimate of drug-likeness (QED) is 0.824. The van der Waals surface area contributed by atoms with Crippen LogP contribution >= 0.6 is 15.9 Å². The standard InChI is InChI=1S/C12H17BrN4O/c1-4-5-6-14-10-9-15-17(8-7-16(2)3)12(18)11(10)13/h9,14H,6-8H2,1-3H3. The summed E-state index contributed by atoms with van der Waals surface area (Å²) in [5, 5.41) is 7.17. The average molecular weight is 313 g/mol. The van der Waals surface area contributed by atoms with E-state index < -0.39 is 0 Å². The maximum absolute atomic E-state index is 12.0. The van der Waals surface area contributed by atoms with Gasteiger partial charge in [-0.2, -0.15) is 5.10 Å². The number of aromatic nitrogens is 2. The molecule has 0 radical (unpaired) electrons. The number of halogens is 1. The summed E-state index contributed by atoms with van der Waals surface area (Å²) in [5.74, 6) is 5.65. The second kappa shape index (κ2) is 7.19. The Labute approximate surface area is 115 Å². The molecule has 1 aromatic heterocycles. The molecule has 6 heteroatoms. The normalized spacial score (nSPS) is 10.1. The van der Waals surface area contributed by atoms with Gasteiger partial charge in [0.2, 0.25) is 0 Å². The van der Waals surface area contributed by atoms with Crippen molar-refractivity contribution in [3.63, 3.8) is 0 Å². The van der Waals surface area contributed by atoms with Gasteiger partial charge in [-0.05, 0) is 36.9 Å². The van der Waals surface area contributed by atoms with Gasteiger partial charge in [0.05, 0.1) is 25.0 Å². The van der Waals surface area contributed by atoms with Crippen LogP contribution in [0.1, 0.15) is 6.92 Å². The Morgan fingerprint density at radius 3 is 2.89 bits per heavy atom. The van der Waals surface area contributed by atoms with E-state index in [9.17, 15) is 4.79 Å². The topological polar surface area (TPSA) is 50.2 Å². The zero-order valence-corrected chi connectivity index (χ0v) is 12.4. The highest BCUT2D eigenvalue weighted by atomic mass is 79.9. The van der Waals surface area contributed by atoms with Crippen LogP contribution in [0.3, 0.4) is 0 Å². The smallest absolute Gasteiger partial charge is 0.283 e. The maximum atomic E-state index is 12.0. The molecule has 5 nitrogen and oxygen atoms in total. The number of hydrogen-bond donors (Lipinski definition) is 1. The fourth-order valence-electron chi connectivity index (χ4n) is 1.27.